The average molecular weight is 329 g/mol. The van der Waals surface area contributed by atoms with Gasteiger partial charge in [0.25, 0.3) is 5.56 Å². The number of hydrogen-bond acceptors (Lipinski definition) is 4. The van der Waals surface area contributed by atoms with E-state index in [0.29, 0.717) is 27.3 Å². The fourth-order valence-corrected chi connectivity index (χ4v) is 2.52. The van der Waals surface area contributed by atoms with Crippen molar-refractivity contribution in [1.82, 2.24) is 15.2 Å². The van der Waals surface area contributed by atoms with E-state index in [1.165, 1.54) is 6.20 Å². The van der Waals surface area contributed by atoms with Gasteiger partial charge in [0.15, 0.2) is 0 Å². The number of hydrogen-bond donors (Lipinski definition) is 2. The van der Waals surface area contributed by atoms with Crippen LogP contribution < -0.4 is 10.9 Å². The second-order valence-electron chi connectivity index (χ2n) is 5.09. The van der Waals surface area contributed by atoms with Crippen LogP contribution in [0.4, 0.5) is 5.82 Å². The molecule has 116 valence electrons. The Labute approximate surface area is 136 Å². The molecular formula is C16H13ClN4O2. The lowest BCUT2D eigenvalue weighted by Crippen LogP contribution is -2.19. The van der Waals surface area contributed by atoms with Crippen LogP contribution in [0.1, 0.15) is 11.3 Å². The van der Waals surface area contributed by atoms with Crippen molar-refractivity contribution in [1.29, 1.82) is 0 Å². The first-order chi connectivity index (χ1) is 11.0. The number of fused-ring (bicyclic) bond motifs is 1. The number of aryl methyl sites for hydroxylation is 1. The smallest absolute Gasteiger partial charge is 0.272 e. The second kappa shape index (κ2) is 6.18. The molecule has 3 aromatic rings. The number of anilines is 1. The van der Waals surface area contributed by atoms with Crippen LogP contribution in [0, 0.1) is 6.92 Å². The lowest BCUT2D eigenvalue weighted by atomic mass is 10.1. The van der Waals surface area contributed by atoms with Gasteiger partial charge >= 0.3 is 0 Å². The highest BCUT2D eigenvalue weighted by Gasteiger charge is 2.12. The van der Waals surface area contributed by atoms with Crippen molar-refractivity contribution in [3.63, 3.8) is 0 Å². The number of amides is 1. The zero-order valence-corrected chi connectivity index (χ0v) is 13.0. The summed E-state index contributed by atoms with van der Waals surface area (Å²) in [5.41, 5.74) is 0.995. The Kier molecular flexibility index (Phi) is 4.08. The van der Waals surface area contributed by atoms with Gasteiger partial charge < -0.3 is 5.32 Å². The molecule has 3 rings (SSSR count). The standard InChI is InChI=1S/C16H13ClN4O2/c1-9-6-10(17)8-18-15(9)19-14(22)7-13-11-4-2-3-5-12(11)16(23)21-20-13/h2-6,8H,7H2,1H3,(H,21,23)(H,18,19,22). The molecule has 1 aromatic carbocycles. The van der Waals surface area contributed by atoms with E-state index < -0.39 is 0 Å². The molecule has 0 bridgehead atoms. The number of aromatic nitrogens is 3. The van der Waals surface area contributed by atoms with Crippen molar-refractivity contribution in [3.05, 3.63) is 63.2 Å². The lowest BCUT2D eigenvalue weighted by molar-refractivity contribution is -0.115. The fraction of sp³-hybridized carbons (Fsp3) is 0.125. The maximum Gasteiger partial charge on any atom is 0.272 e. The molecule has 0 aliphatic rings. The van der Waals surface area contributed by atoms with Gasteiger partial charge in [-0.25, -0.2) is 10.1 Å². The number of pyridine rings is 1. The minimum absolute atomic E-state index is 0.0288. The first kappa shape index (κ1) is 15.2. The number of nitrogens with zero attached hydrogens (tertiary/aromatic N) is 2. The zero-order valence-electron chi connectivity index (χ0n) is 12.3. The molecule has 0 saturated carbocycles. The van der Waals surface area contributed by atoms with E-state index in [2.05, 4.69) is 20.5 Å². The molecule has 0 fully saturated rings. The van der Waals surface area contributed by atoms with Crippen LogP contribution in [0.3, 0.4) is 0 Å². The van der Waals surface area contributed by atoms with Gasteiger partial charge in [-0.2, -0.15) is 5.10 Å². The molecule has 1 amide bonds. The van der Waals surface area contributed by atoms with Crippen LogP contribution in [0.15, 0.2) is 41.3 Å². The highest BCUT2D eigenvalue weighted by atomic mass is 35.5. The number of carbonyl (C=O) groups excluding carboxylic acids is 1. The van der Waals surface area contributed by atoms with Crippen LogP contribution in [0.25, 0.3) is 10.8 Å². The highest BCUT2D eigenvalue weighted by Crippen LogP contribution is 2.17. The number of benzene rings is 1. The molecular weight excluding hydrogens is 316 g/mol. The van der Waals surface area contributed by atoms with Crippen molar-refractivity contribution in [2.45, 2.75) is 13.3 Å². The summed E-state index contributed by atoms with van der Waals surface area (Å²) in [4.78, 5) is 28.1. The van der Waals surface area contributed by atoms with Gasteiger partial charge in [-0.15, -0.1) is 0 Å². The monoisotopic (exact) mass is 328 g/mol. The first-order valence-electron chi connectivity index (χ1n) is 6.93. The summed E-state index contributed by atoms with van der Waals surface area (Å²) in [6, 6.07) is 8.75. The number of rotatable bonds is 3. The number of carbonyl (C=O) groups is 1. The lowest BCUT2D eigenvalue weighted by Gasteiger charge is -2.08. The summed E-state index contributed by atoms with van der Waals surface area (Å²) in [5, 5.41) is 10.8. The van der Waals surface area contributed by atoms with Gasteiger partial charge in [-0.05, 0) is 24.6 Å². The summed E-state index contributed by atoms with van der Waals surface area (Å²) in [7, 11) is 0. The van der Waals surface area contributed by atoms with Gasteiger partial charge in [0.05, 0.1) is 22.5 Å². The molecule has 0 saturated heterocycles. The van der Waals surface area contributed by atoms with E-state index in [1.54, 1.807) is 30.3 Å². The minimum Gasteiger partial charge on any atom is -0.310 e. The molecule has 0 radical (unpaired) electrons. The third-order valence-corrected chi connectivity index (χ3v) is 3.61. The van der Waals surface area contributed by atoms with Crippen LogP contribution in [-0.2, 0) is 11.2 Å². The van der Waals surface area contributed by atoms with E-state index in [1.807, 2.05) is 6.92 Å². The minimum atomic E-state index is -0.278. The van der Waals surface area contributed by atoms with Crippen LogP contribution in [-0.4, -0.2) is 21.1 Å². The van der Waals surface area contributed by atoms with E-state index in [0.717, 1.165) is 5.56 Å². The Bertz CT molecular complexity index is 952. The van der Waals surface area contributed by atoms with Crippen LogP contribution in [0.5, 0.6) is 0 Å². The van der Waals surface area contributed by atoms with Crippen LogP contribution >= 0.6 is 11.6 Å². The molecule has 0 aliphatic heterocycles. The van der Waals surface area contributed by atoms with E-state index in [-0.39, 0.29) is 17.9 Å². The first-order valence-corrected chi connectivity index (χ1v) is 7.30. The normalized spacial score (nSPS) is 10.7. The summed E-state index contributed by atoms with van der Waals surface area (Å²) < 4.78 is 0. The van der Waals surface area contributed by atoms with Gasteiger partial charge in [0.2, 0.25) is 5.91 Å². The predicted octanol–water partition coefficient (Wildman–Crippen LogP) is 2.46. The second-order valence-corrected chi connectivity index (χ2v) is 5.53. The molecule has 23 heavy (non-hydrogen) atoms. The number of aromatic amines is 1. The molecule has 0 spiro atoms. The van der Waals surface area contributed by atoms with Gasteiger partial charge in [-0.3, -0.25) is 9.59 Å². The summed E-state index contributed by atoms with van der Waals surface area (Å²) in [5.74, 6) is 0.181. The van der Waals surface area contributed by atoms with Crippen molar-refractivity contribution >= 4 is 34.1 Å². The van der Waals surface area contributed by atoms with Gasteiger partial charge in [0.1, 0.15) is 5.82 Å². The number of halogens is 1. The Hall–Kier alpha value is -2.73. The van der Waals surface area contributed by atoms with Crippen LogP contribution in [0.2, 0.25) is 5.02 Å². The van der Waals surface area contributed by atoms with E-state index >= 15 is 0 Å². The maximum atomic E-state index is 12.2. The molecule has 7 heteroatoms. The predicted molar refractivity (Wildman–Crippen MR) is 88.7 cm³/mol. The molecule has 2 aromatic heterocycles. The third-order valence-electron chi connectivity index (χ3n) is 3.41. The SMILES string of the molecule is Cc1cc(Cl)cnc1NC(=O)Cc1n[nH]c(=O)c2ccccc12. The summed E-state index contributed by atoms with van der Waals surface area (Å²) >= 11 is 5.84. The number of nitrogens with one attached hydrogen (secondary N) is 2. The quantitative estimate of drug-likeness (QED) is 0.773. The molecule has 6 nitrogen and oxygen atoms in total. The molecule has 2 heterocycles. The van der Waals surface area contributed by atoms with Crippen molar-refractivity contribution in [2.24, 2.45) is 0 Å². The summed E-state index contributed by atoms with van der Waals surface area (Å²) in [6.45, 7) is 1.81. The van der Waals surface area contributed by atoms with E-state index in [9.17, 15) is 9.59 Å². The number of H-pyrrole nitrogens is 1. The largest absolute Gasteiger partial charge is 0.310 e. The van der Waals surface area contributed by atoms with Crippen molar-refractivity contribution < 1.29 is 4.79 Å². The summed E-state index contributed by atoms with van der Waals surface area (Å²) in [6.07, 6.45) is 1.50. The molecule has 0 atom stereocenters. The fourth-order valence-electron chi connectivity index (χ4n) is 2.31. The Morgan fingerprint density at radius 1 is 1.30 bits per heavy atom. The molecule has 2 N–H and O–H groups in total. The Morgan fingerprint density at radius 3 is 2.78 bits per heavy atom. The Balaban J connectivity index is 1.86. The topological polar surface area (TPSA) is 87.7 Å². The van der Waals surface area contributed by atoms with Gasteiger partial charge in [0, 0.05) is 11.6 Å². The van der Waals surface area contributed by atoms with Crippen molar-refractivity contribution in [2.75, 3.05) is 5.32 Å². The van der Waals surface area contributed by atoms with E-state index in [4.69, 9.17) is 11.6 Å². The molecule has 0 aliphatic carbocycles. The zero-order chi connectivity index (χ0) is 16.4. The third kappa shape index (κ3) is 3.22. The highest BCUT2D eigenvalue weighted by molar-refractivity contribution is 6.30. The van der Waals surface area contributed by atoms with Gasteiger partial charge in [-0.1, -0.05) is 29.8 Å². The van der Waals surface area contributed by atoms with Crippen molar-refractivity contribution in [3.8, 4) is 0 Å². The Morgan fingerprint density at radius 2 is 2.04 bits per heavy atom. The maximum absolute atomic E-state index is 12.2. The average Bonchev–Trinajstić information content (AvgIpc) is 2.53. The molecule has 0 unspecified atom stereocenters.